The first-order chi connectivity index (χ1) is 12.7. The summed E-state index contributed by atoms with van der Waals surface area (Å²) in [7, 11) is 1.57. The summed E-state index contributed by atoms with van der Waals surface area (Å²) in [5.41, 5.74) is 3.03. The number of amides is 2. The van der Waals surface area contributed by atoms with Gasteiger partial charge in [-0.2, -0.15) is 0 Å². The van der Waals surface area contributed by atoms with Gasteiger partial charge in [-0.25, -0.2) is 0 Å². The lowest BCUT2D eigenvalue weighted by Gasteiger charge is -2.27. The fraction of sp³-hybridized carbons (Fsp3) is 0.300. The third-order valence-corrected chi connectivity index (χ3v) is 4.48. The number of ether oxygens (including phenoxy) is 1. The van der Waals surface area contributed by atoms with Crippen LogP contribution in [0.2, 0.25) is 0 Å². The molecule has 0 saturated carbocycles. The number of benzene rings is 2. The van der Waals surface area contributed by atoms with E-state index in [1.807, 2.05) is 12.1 Å². The van der Waals surface area contributed by atoms with E-state index in [0.717, 1.165) is 13.0 Å². The van der Waals surface area contributed by atoms with Crippen molar-refractivity contribution in [1.29, 1.82) is 0 Å². The summed E-state index contributed by atoms with van der Waals surface area (Å²) in [4.78, 5) is 24.1. The molecule has 1 atom stereocenters. The van der Waals surface area contributed by atoms with E-state index < -0.39 is 0 Å². The molecule has 0 bridgehead atoms. The monoisotopic (exact) mass is 389 g/mol. The number of carbonyl (C=O) groups excluding carboxylic acids is 2. The molecular weight excluding hydrogens is 366 g/mol. The Balaban J connectivity index is 0.00000261. The summed E-state index contributed by atoms with van der Waals surface area (Å²) in [5, 5.41) is 8.93. The minimum Gasteiger partial charge on any atom is -0.497 e. The standard InChI is InChI=1S/C20H23N3O3.ClH/c1-26-16-8-6-15(7-9-16)20(25)23-13-19(24)22-12-18-17-5-3-2-4-14(17)10-11-21-18;/h2-9,18,21H,10-13H2,1H3,(H,22,24)(H,23,25);1H. The molecule has 7 heteroatoms. The van der Waals surface area contributed by atoms with Crippen molar-refractivity contribution in [3.8, 4) is 5.75 Å². The van der Waals surface area contributed by atoms with Crippen LogP contribution in [0.4, 0.5) is 0 Å². The molecule has 144 valence electrons. The molecule has 2 aromatic rings. The van der Waals surface area contributed by atoms with Gasteiger partial charge in [0.05, 0.1) is 13.7 Å². The minimum absolute atomic E-state index is 0. The number of carbonyl (C=O) groups is 2. The van der Waals surface area contributed by atoms with Gasteiger partial charge in [-0.15, -0.1) is 12.4 Å². The van der Waals surface area contributed by atoms with E-state index in [2.05, 4.69) is 28.1 Å². The van der Waals surface area contributed by atoms with Crippen LogP contribution in [-0.4, -0.2) is 38.6 Å². The van der Waals surface area contributed by atoms with Gasteiger partial charge < -0.3 is 20.7 Å². The molecule has 6 nitrogen and oxygen atoms in total. The van der Waals surface area contributed by atoms with Gasteiger partial charge >= 0.3 is 0 Å². The summed E-state index contributed by atoms with van der Waals surface area (Å²) >= 11 is 0. The summed E-state index contributed by atoms with van der Waals surface area (Å²) in [6.45, 7) is 1.33. The van der Waals surface area contributed by atoms with Crippen molar-refractivity contribution in [2.45, 2.75) is 12.5 Å². The molecule has 0 saturated heterocycles. The van der Waals surface area contributed by atoms with E-state index in [-0.39, 0.29) is 36.8 Å². The highest BCUT2D eigenvalue weighted by Gasteiger charge is 2.19. The Morgan fingerprint density at radius 3 is 2.59 bits per heavy atom. The zero-order chi connectivity index (χ0) is 18.4. The largest absolute Gasteiger partial charge is 0.497 e. The first-order valence-corrected chi connectivity index (χ1v) is 8.67. The van der Waals surface area contributed by atoms with Crippen LogP contribution in [0.1, 0.15) is 27.5 Å². The van der Waals surface area contributed by atoms with Gasteiger partial charge in [0.15, 0.2) is 0 Å². The van der Waals surface area contributed by atoms with Crippen LogP contribution < -0.4 is 20.7 Å². The lowest BCUT2D eigenvalue weighted by Crippen LogP contribution is -2.42. The first kappa shape index (κ1) is 20.7. The number of rotatable bonds is 6. The fourth-order valence-corrected chi connectivity index (χ4v) is 3.06. The van der Waals surface area contributed by atoms with Gasteiger partial charge in [0.25, 0.3) is 5.91 Å². The molecule has 1 heterocycles. The first-order valence-electron chi connectivity index (χ1n) is 8.67. The van der Waals surface area contributed by atoms with Gasteiger partial charge in [-0.05, 0) is 48.4 Å². The average molecular weight is 390 g/mol. The Hall–Kier alpha value is -2.57. The zero-order valence-electron chi connectivity index (χ0n) is 15.2. The van der Waals surface area contributed by atoms with E-state index in [9.17, 15) is 9.59 Å². The van der Waals surface area contributed by atoms with Crippen LogP contribution >= 0.6 is 12.4 Å². The van der Waals surface area contributed by atoms with Crippen LogP contribution in [0.5, 0.6) is 5.75 Å². The van der Waals surface area contributed by atoms with Gasteiger partial charge in [0, 0.05) is 18.2 Å². The second-order valence-electron chi connectivity index (χ2n) is 6.17. The predicted octanol–water partition coefficient (Wildman–Crippen LogP) is 1.85. The molecule has 27 heavy (non-hydrogen) atoms. The molecule has 0 spiro atoms. The maximum atomic E-state index is 12.1. The highest BCUT2D eigenvalue weighted by Crippen LogP contribution is 2.21. The van der Waals surface area contributed by atoms with E-state index in [0.29, 0.717) is 17.9 Å². The van der Waals surface area contributed by atoms with Crippen molar-refractivity contribution in [3.05, 3.63) is 65.2 Å². The molecule has 3 N–H and O–H groups in total. The van der Waals surface area contributed by atoms with Crippen LogP contribution in [-0.2, 0) is 11.2 Å². The normalized spacial score (nSPS) is 15.1. The topological polar surface area (TPSA) is 79.5 Å². The Morgan fingerprint density at radius 1 is 1.11 bits per heavy atom. The minimum atomic E-state index is -0.288. The second kappa shape index (κ2) is 9.94. The van der Waals surface area contributed by atoms with E-state index in [1.165, 1.54) is 11.1 Å². The lowest BCUT2D eigenvalue weighted by molar-refractivity contribution is -0.120. The van der Waals surface area contributed by atoms with E-state index in [4.69, 9.17) is 4.74 Å². The number of methoxy groups -OCH3 is 1. The molecule has 2 aromatic carbocycles. The Bertz CT molecular complexity index is 780. The van der Waals surface area contributed by atoms with Crippen molar-refractivity contribution < 1.29 is 14.3 Å². The number of fused-ring (bicyclic) bond motifs is 1. The second-order valence-corrected chi connectivity index (χ2v) is 6.17. The van der Waals surface area contributed by atoms with Crippen LogP contribution in [0.3, 0.4) is 0 Å². The fourth-order valence-electron chi connectivity index (χ4n) is 3.06. The maximum Gasteiger partial charge on any atom is 0.251 e. The summed E-state index contributed by atoms with van der Waals surface area (Å²) < 4.78 is 5.06. The zero-order valence-corrected chi connectivity index (χ0v) is 16.0. The molecular formula is C20H24ClN3O3. The number of nitrogens with one attached hydrogen (secondary N) is 3. The molecule has 1 aliphatic heterocycles. The number of halogens is 1. The van der Waals surface area contributed by atoms with Gasteiger partial charge in [-0.1, -0.05) is 24.3 Å². The molecule has 2 amide bonds. The van der Waals surface area contributed by atoms with Gasteiger partial charge in [-0.3, -0.25) is 9.59 Å². The summed E-state index contributed by atoms with van der Waals surface area (Å²) in [6.07, 6.45) is 0.999. The molecule has 0 aromatic heterocycles. The predicted molar refractivity (Wildman–Crippen MR) is 106 cm³/mol. The maximum absolute atomic E-state index is 12.1. The molecule has 0 radical (unpaired) electrons. The van der Waals surface area contributed by atoms with Gasteiger partial charge in [0.2, 0.25) is 5.91 Å². The van der Waals surface area contributed by atoms with Crippen molar-refractivity contribution in [3.63, 3.8) is 0 Å². The molecule has 0 fully saturated rings. The smallest absolute Gasteiger partial charge is 0.251 e. The van der Waals surface area contributed by atoms with Crippen LogP contribution in [0.15, 0.2) is 48.5 Å². The Morgan fingerprint density at radius 2 is 1.85 bits per heavy atom. The molecule has 1 aliphatic rings. The highest BCUT2D eigenvalue weighted by molar-refractivity contribution is 5.96. The SMILES string of the molecule is COc1ccc(C(=O)NCC(=O)NCC2NCCc3ccccc32)cc1.Cl. The van der Waals surface area contributed by atoms with Gasteiger partial charge in [0.1, 0.15) is 5.75 Å². The van der Waals surface area contributed by atoms with Crippen molar-refractivity contribution in [2.75, 3.05) is 26.7 Å². The van der Waals surface area contributed by atoms with Crippen LogP contribution in [0.25, 0.3) is 0 Å². The van der Waals surface area contributed by atoms with E-state index in [1.54, 1.807) is 31.4 Å². The number of hydrogen-bond acceptors (Lipinski definition) is 4. The number of hydrogen-bond donors (Lipinski definition) is 3. The van der Waals surface area contributed by atoms with Crippen LogP contribution in [0, 0.1) is 0 Å². The molecule has 3 rings (SSSR count). The lowest BCUT2D eigenvalue weighted by atomic mass is 9.94. The third kappa shape index (κ3) is 5.45. The summed E-state index contributed by atoms with van der Waals surface area (Å²) in [5.74, 6) is 0.181. The van der Waals surface area contributed by atoms with Crippen molar-refractivity contribution in [1.82, 2.24) is 16.0 Å². The average Bonchev–Trinajstić information content (AvgIpc) is 2.70. The third-order valence-electron chi connectivity index (χ3n) is 4.48. The van der Waals surface area contributed by atoms with Crippen molar-refractivity contribution in [2.24, 2.45) is 0 Å². The Labute approximate surface area is 165 Å². The summed E-state index contributed by atoms with van der Waals surface area (Å²) in [6, 6.07) is 15.1. The quantitative estimate of drug-likeness (QED) is 0.704. The Kier molecular flexibility index (Phi) is 7.64. The van der Waals surface area contributed by atoms with E-state index >= 15 is 0 Å². The molecule has 1 unspecified atom stereocenters. The highest BCUT2D eigenvalue weighted by atomic mass is 35.5. The van der Waals surface area contributed by atoms with Crippen molar-refractivity contribution >= 4 is 24.2 Å². The molecule has 0 aliphatic carbocycles.